The summed E-state index contributed by atoms with van der Waals surface area (Å²) in [5.41, 5.74) is 0. The topological polar surface area (TPSA) is 78.0 Å². The van der Waals surface area contributed by atoms with E-state index in [1.165, 1.54) is 25.8 Å². The van der Waals surface area contributed by atoms with Crippen LogP contribution in [0.15, 0.2) is 0 Å². The van der Waals surface area contributed by atoms with Gasteiger partial charge in [0.25, 0.3) is 0 Å². The second kappa shape index (κ2) is 5.87. The van der Waals surface area contributed by atoms with Gasteiger partial charge in [-0.25, -0.2) is 0 Å². The number of nitrogens with one attached hydrogen (secondary N) is 1. The number of carbonyl (C=O) groups excluding carboxylic acids is 1. The third-order valence-electron chi connectivity index (χ3n) is 4.46. The normalized spacial score (nSPS) is 27.4. The fraction of sp³-hybridized carbons (Fsp3) is 0.846. The maximum absolute atomic E-state index is 12.4. The van der Waals surface area contributed by atoms with Crippen molar-refractivity contribution in [2.45, 2.75) is 51.1 Å². The Bertz CT molecular complexity index is 448. The molecular weight excluding hydrogens is 256 g/mol. The number of aromatic amines is 1. The number of tetrazole rings is 1. The number of piperazine rings is 1. The predicted molar refractivity (Wildman–Crippen MR) is 72.9 cm³/mol. The smallest absolute Gasteiger partial charge is 0.223 e. The molecule has 2 saturated heterocycles. The van der Waals surface area contributed by atoms with Gasteiger partial charge in [-0.2, -0.15) is 5.21 Å². The van der Waals surface area contributed by atoms with Crippen LogP contribution in [-0.2, 0) is 11.2 Å². The van der Waals surface area contributed by atoms with E-state index in [0.717, 1.165) is 13.1 Å². The van der Waals surface area contributed by atoms with Gasteiger partial charge in [0, 0.05) is 38.0 Å². The molecule has 0 aromatic carbocycles. The number of nitrogens with zero attached hydrogens (tertiary/aromatic N) is 5. The van der Waals surface area contributed by atoms with Gasteiger partial charge in [0.1, 0.15) is 0 Å². The summed E-state index contributed by atoms with van der Waals surface area (Å²) < 4.78 is 0. The molecule has 3 rings (SSSR count). The van der Waals surface area contributed by atoms with E-state index in [2.05, 4.69) is 32.4 Å². The fourth-order valence-corrected chi connectivity index (χ4v) is 3.35. The quantitative estimate of drug-likeness (QED) is 0.855. The van der Waals surface area contributed by atoms with Crippen molar-refractivity contribution in [1.29, 1.82) is 0 Å². The second-order valence-corrected chi connectivity index (χ2v) is 5.87. The molecule has 20 heavy (non-hydrogen) atoms. The fourth-order valence-electron chi connectivity index (χ4n) is 3.35. The van der Waals surface area contributed by atoms with Gasteiger partial charge in [-0.1, -0.05) is 11.6 Å². The predicted octanol–water partition coefficient (Wildman–Crippen LogP) is 0.218. The first kappa shape index (κ1) is 13.5. The van der Waals surface area contributed by atoms with Crippen molar-refractivity contribution < 1.29 is 4.79 Å². The van der Waals surface area contributed by atoms with Crippen LogP contribution in [0.1, 0.15) is 38.4 Å². The number of carbonyl (C=O) groups is 1. The van der Waals surface area contributed by atoms with Crippen LogP contribution in [0.25, 0.3) is 0 Å². The minimum Gasteiger partial charge on any atom is -0.337 e. The zero-order valence-electron chi connectivity index (χ0n) is 12.0. The van der Waals surface area contributed by atoms with Crippen molar-refractivity contribution in [2.24, 2.45) is 0 Å². The van der Waals surface area contributed by atoms with Gasteiger partial charge in [0.2, 0.25) is 5.91 Å². The average Bonchev–Trinajstić information content (AvgIpc) is 2.97. The first-order valence-corrected chi connectivity index (χ1v) is 7.50. The lowest BCUT2D eigenvalue weighted by Crippen LogP contribution is -2.60. The molecule has 2 fully saturated rings. The molecule has 2 aliphatic rings. The van der Waals surface area contributed by atoms with E-state index in [9.17, 15) is 4.79 Å². The van der Waals surface area contributed by atoms with E-state index in [1.807, 2.05) is 4.90 Å². The number of piperidine rings is 1. The van der Waals surface area contributed by atoms with Crippen LogP contribution in [0.3, 0.4) is 0 Å². The van der Waals surface area contributed by atoms with Crippen molar-refractivity contribution in [1.82, 2.24) is 30.4 Å². The van der Waals surface area contributed by atoms with Crippen LogP contribution >= 0.6 is 0 Å². The van der Waals surface area contributed by atoms with Crippen molar-refractivity contribution in [3.05, 3.63) is 5.82 Å². The standard InChI is InChI=1S/C13H22N6O/c1-10-8-18-7-3-2-4-11(18)9-19(10)13(20)6-5-12-14-16-17-15-12/h10-11H,2-9H2,1H3,(H,14,15,16,17). The molecular formula is C13H22N6O. The highest BCUT2D eigenvalue weighted by Crippen LogP contribution is 2.24. The summed E-state index contributed by atoms with van der Waals surface area (Å²) in [6, 6.07) is 0.871. The lowest BCUT2D eigenvalue weighted by Gasteiger charge is -2.47. The molecule has 1 aromatic heterocycles. The Balaban J connectivity index is 1.56. The Morgan fingerprint density at radius 1 is 1.40 bits per heavy atom. The molecule has 2 aliphatic heterocycles. The van der Waals surface area contributed by atoms with Gasteiger partial charge in [-0.05, 0) is 26.3 Å². The molecule has 0 saturated carbocycles. The summed E-state index contributed by atoms with van der Waals surface area (Å²) in [4.78, 5) is 17.0. The van der Waals surface area contributed by atoms with E-state index in [-0.39, 0.29) is 5.91 Å². The van der Waals surface area contributed by atoms with E-state index in [0.29, 0.717) is 30.7 Å². The zero-order chi connectivity index (χ0) is 13.9. The van der Waals surface area contributed by atoms with E-state index >= 15 is 0 Å². The molecule has 110 valence electrons. The van der Waals surface area contributed by atoms with Gasteiger partial charge >= 0.3 is 0 Å². The number of H-pyrrole nitrogens is 1. The molecule has 2 atom stereocenters. The molecule has 1 amide bonds. The maximum atomic E-state index is 12.4. The van der Waals surface area contributed by atoms with Gasteiger partial charge in [-0.15, -0.1) is 10.2 Å². The number of hydrogen-bond acceptors (Lipinski definition) is 5. The van der Waals surface area contributed by atoms with Crippen LogP contribution in [0.2, 0.25) is 0 Å². The molecule has 0 aliphatic carbocycles. The first-order valence-electron chi connectivity index (χ1n) is 7.50. The van der Waals surface area contributed by atoms with Gasteiger partial charge < -0.3 is 4.90 Å². The Hall–Kier alpha value is -1.50. The molecule has 7 nitrogen and oxygen atoms in total. The number of aryl methyl sites for hydroxylation is 1. The summed E-state index contributed by atoms with van der Waals surface area (Å²) in [6.45, 7) is 5.24. The van der Waals surface area contributed by atoms with Crippen LogP contribution in [0, 0.1) is 0 Å². The highest BCUT2D eigenvalue weighted by Gasteiger charge is 2.34. The molecule has 0 bridgehead atoms. The zero-order valence-corrected chi connectivity index (χ0v) is 12.0. The second-order valence-electron chi connectivity index (χ2n) is 5.87. The number of hydrogen-bond donors (Lipinski definition) is 1. The monoisotopic (exact) mass is 278 g/mol. The molecule has 7 heteroatoms. The number of aromatic nitrogens is 4. The van der Waals surface area contributed by atoms with E-state index in [1.54, 1.807) is 0 Å². The minimum atomic E-state index is 0.215. The molecule has 2 unspecified atom stereocenters. The highest BCUT2D eigenvalue weighted by atomic mass is 16.2. The molecule has 3 heterocycles. The summed E-state index contributed by atoms with van der Waals surface area (Å²) >= 11 is 0. The van der Waals surface area contributed by atoms with Crippen molar-refractivity contribution in [2.75, 3.05) is 19.6 Å². The van der Waals surface area contributed by atoms with Crippen LogP contribution in [0.5, 0.6) is 0 Å². The van der Waals surface area contributed by atoms with Crippen LogP contribution in [0.4, 0.5) is 0 Å². The lowest BCUT2D eigenvalue weighted by molar-refractivity contribution is -0.138. The average molecular weight is 278 g/mol. The first-order chi connectivity index (χ1) is 9.74. The van der Waals surface area contributed by atoms with Gasteiger partial charge in [-0.3, -0.25) is 9.69 Å². The minimum absolute atomic E-state index is 0.215. The van der Waals surface area contributed by atoms with Crippen molar-refractivity contribution in [3.63, 3.8) is 0 Å². The molecule has 0 radical (unpaired) electrons. The summed E-state index contributed by atoms with van der Waals surface area (Å²) in [7, 11) is 0. The number of rotatable bonds is 3. The summed E-state index contributed by atoms with van der Waals surface area (Å²) in [5, 5.41) is 13.7. The lowest BCUT2D eigenvalue weighted by atomic mass is 9.97. The molecule has 0 spiro atoms. The Kier molecular flexibility index (Phi) is 3.95. The Morgan fingerprint density at radius 2 is 2.30 bits per heavy atom. The largest absolute Gasteiger partial charge is 0.337 e. The molecule has 1 N–H and O–H groups in total. The maximum Gasteiger partial charge on any atom is 0.223 e. The van der Waals surface area contributed by atoms with Crippen LogP contribution in [-0.4, -0.2) is 68.0 Å². The van der Waals surface area contributed by atoms with Gasteiger partial charge in [0.15, 0.2) is 5.82 Å². The van der Waals surface area contributed by atoms with Crippen LogP contribution < -0.4 is 0 Å². The number of amides is 1. The third-order valence-corrected chi connectivity index (χ3v) is 4.46. The Morgan fingerprint density at radius 3 is 3.10 bits per heavy atom. The SMILES string of the molecule is CC1CN2CCCCC2CN1C(=O)CCc1nn[nH]n1. The van der Waals surface area contributed by atoms with Gasteiger partial charge in [0.05, 0.1) is 0 Å². The summed E-state index contributed by atoms with van der Waals surface area (Å²) in [5.74, 6) is 0.829. The van der Waals surface area contributed by atoms with Crippen molar-refractivity contribution in [3.8, 4) is 0 Å². The highest BCUT2D eigenvalue weighted by molar-refractivity contribution is 5.76. The third kappa shape index (κ3) is 2.82. The Labute approximate surface area is 118 Å². The molecule has 1 aromatic rings. The van der Waals surface area contributed by atoms with E-state index in [4.69, 9.17) is 0 Å². The summed E-state index contributed by atoms with van der Waals surface area (Å²) in [6.07, 6.45) is 4.85. The van der Waals surface area contributed by atoms with Crippen molar-refractivity contribution >= 4 is 5.91 Å². The van der Waals surface area contributed by atoms with E-state index < -0.39 is 0 Å². The number of fused-ring (bicyclic) bond motifs is 1.